The van der Waals surface area contributed by atoms with Gasteiger partial charge in [0.15, 0.2) is 0 Å². The van der Waals surface area contributed by atoms with Crippen LogP contribution in [0.25, 0.3) is 16.8 Å². The highest BCUT2D eigenvalue weighted by molar-refractivity contribution is 5.92. The lowest BCUT2D eigenvalue weighted by Gasteiger charge is -2.14. The number of amides is 3. The highest BCUT2D eigenvalue weighted by atomic mass is 19.1. The van der Waals surface area contributed by atoms with Gasteiger partial charge in [0, 0.05) is 24.9 Å². The number of fused-ring (bicyclic) bond motifs is 1. The SMILES string of the molecule is C.CC(=O)NC[C@H]1CN(c2ccc(-c3ccn4cc(C(N)=O)nc4c3)c(F)c2)C(=O)O1. The van der Waals surface area contributed by atoms with Gasteiger partial charge in [-0.3, -0.25) is 14.5 Å². The lowest BCUT2D eigenvalue weighted by Crippen LogP contribution is -2.33. The maximum atomic E-state index is 14.9. The Morgan fingerprint density at radius 3 is 2.77 bits per heavy atom. The average molecular weight is 427 g/mol. The van der Waals surface area contributed by atoms with Gasteiger partial charge < -0.3 is 20.2 Å². The summed E-state index contributed by atoms with van der Waals surface area (Å²) in [4.78, 5) is 39.9. The summed E-state index contributed by atoms with van der Waals surface area (Å²) in [5.41, 5.74) is 7.03. The van der Waals surface area contributed by atoms with Gasteiger partial charge in [-0.2, -0.15) is 0 Å². The van der Waals surface area contributed by atoms with E-state index in [1.807, 2.05) is 0 Å². The van der Waals surface area contributed by atoms with E-state index in [-0.39, 0.29) is 32.1 Å². The van der Waals surface area contributed by atoms with Crippen molar-refractivity contribution in [3.63, 3.8) is 0 Å². The number of nitrogens with two attached hydrogens (primary N) is 1. The van der Waals surface area contributed by atoms with Gasteiger partial charge in [-0.05, 0) is 35.9 Å². The number of benzene rings is 1. The molecule has 31 heavy (non-hydrogen) atoms. The van der Waals surface area contributed by atoms with E-state index in [9.17, 15) is 18.8 Å². The van der Waals surface area contributed by atoms with Gasteiger partial charge in [-0.15, -0.1) is 0 Å². The minimum Gasteiger partial charge on any atom is -0.442 e. The van der Waals surface area contributed by atoms with Gasteiger partial charge in [0.05, 0.1) is 18.8 Å². The Kier molecular flexibility index (Phi) is 5.91. The Bertz CT molecular complexity index is 1180. The summed E-state index contributed by atoms with van der Waals surface area (Å²) in [7, 11) is 0. The summed E-state index contributed by atoms with van der Waals surface area (Å²) in [6.07, 6.45) is 2.04. The predicted molar refractivity (Wildman–Crippen MR) is 112 cm³/mol. The number of hydrogen-bond acceptors (Lipinski definition) is 5. The van der Waals surface area contributed by atoms with Crippen LogP contribution in [-0.4, -0.2) is 46.5 Å². The largest absolute Gasteiger partial charge is 0.442 e. The molecule has 3 heterocycles. The second-order valence-corrected chi connectivity index (χ2v) is 6.89. The standard InChI is InChI=1S/C20H18FN5O4.CH4/c1-11(27)23-8-14-9-26(20(29)30-14)13-2-3-15(16(21)7-13)12-4-5-25-10-17(19(22)28)24-18(25)6-12;/h2-7,10,14H,8-9H2,1H3,(H2,22,28)(H,23,27);1H4/t14-;/m0./s1. The molecule has 10 heteroatoms. The Balaban J connectivity index is 0.00000272. The molecular formula is C21H22FN5O4. The maximum absolute atomic E-state index is 14.9. The molecule has 0 spiro atoms. The molecule has 1 atom stereocenters. The maximum Gasteiger partial charge on any atom is 0.414 e. The highest BCUT2D eigenvalue weighted by Crippen LogP contribution is 2.29. The summed E-state index contributed by atoms with van der Waals surface area (Å²) >= 11 is 0. The second kappa shape index (κ2) is 8.42. The molecule has 4 rings (SSSR count). The molecule has 0 bridgehead atoms. The van der Waals surface area contributed by atoms with E-state index >= 15 is 0 Å². The first-order chi connectivity index (χ1) is 14.3. The van der Waals surface area contributed by atoms with Gasteiger partial charge in [0.1, 0.15) is 23.3 Å². The van der Waals surface area contributed by atoms with Crippen LogP contribution in [0.5, 0.6) is 0 Å². The summed E-state index contributed by atoms with van der Waals surface area (Å²) in [5.74, 6) is -1.40. The molecule has 9 nitrogen and oxygen atoms in total. The zero-order valence-corrected chi connectivity index (χ0v) is 16.0. The summed E-state index contributed by atoms with van der Waals surface area (Å²) in [5, 5.41) is 2.59. The van der Waals surface area contributed by atoms with Crippen molar-refractivity contribution in [2.45, 2.75) is 20.5 Å². The summed E-state index contributed by atoms with van der Waals surface area (Å²) in [6.45, 7) is 1.77. The number of carbonyl (C=O) groups is 3. The number of ether oxygens (including phenoxy) is 1. The van der Waals surface area contributed by atoms with Crippen LogP contribution in [0, 0.1) is 5.82 Å². The van der Waals surface area contributed by atoms with Gasteiger partial charge >= 0.3 is 6.09 Å². The first-order valence-electron chi connectivity index (χ1n) is 9.13. The first kappa shape index (κ1) is 21.8. The van der Waals surface area contributed by atoms with Crippen molar-refractivity contribution >= 4 is 29.2 Å². The molecule has 3 N–H and O–H groups in total. The van der Waals surface area contributed by atoms with Crippen LogP contribution in [0.2, 0.25) is 0 Å². The minimum atomic E-state index is -0.648. The molecule has 0 unspecified atom stereocenters. The fourth-order valence-electron chi connectivity index (χ4n) is 3.27. The third-order valence-corrected chi connectivity index (χ3v) is 4.74. The zero-order chi connectivity index (χ0) is 21.4. The molecule has 0 radical (unpaired) electrons. The van der Waals surface area contributed by atoms with Crippen LogP contribution < -0.4 is 16.0 Å². The summed E-state index contributed by atoms with van der Waals surface area (Å²) in [6, 6.07) is 7.75. The molecular weight excluding hydrogens is 405 g/mol. The minimum absolute atomic E-state index is 0. The number of cyclic esters (lactones) is 1. The Morgan fingerprint density at radius 2 is 2.10 bits per heavy atom. The van der Waals surface area contributed by atoms with Crippen molar-refractivity contribution < 1.29 is 23.5 Å². The molecule has 1 fully saturated rings. The number of rotatable bonds is 5. The molecule has 1 saturated heterocycles. The number of pyridine rings is 1. The molecule has 0 aliphatic carbocycles. The van der Waals surface area contributed by atoms with Gasteiger partial charge in [0.2, 0.25) is 5.91 Å². The van der Waals surface area contributed by atoms with Gasteiger partial charge in [0.25, 0.3) is 5.91 Å². The van der Waals surface area contributed by atoms with Gasteiger partial charge in [-0.25, -0.2) is 14.2 Å². The van der Waals surface area contributed by atoms with Crippen molar-refractivity contribution in [2.24, 2.45) is 5.73 Å². The number of carbonyl (C=O) groups excluding carboxylic acids is 3. The average Bonchev–Trinajstić information content (AvgIpc) is 3.29. The van der Waals surface area contributed by atoms with E-state index in [4.69, 9.17) is 10.5 Å². The van der Waals surface area contributed by atoms with E-state index in [1.54, 1.807) is 34.9 Å². The fraction of sp³-hybridized carbons (Fsp3) is 0.238. The molecule has 0 saturated carbocycles. The molecule has 1 aromatic carbocycles. The van der Waals surface area contributed by atoms with E-state index in [1.165, 1.54) is 24.1 Å². The van der Waals surface area contributed by atoms with Crippen LogP contribution in [0.3, 0.4) is 0 Å². The number of halogens is 1. The molecule has 3 amide bonds. The van der Waals surface area contributed by atoms with E-state index in [0.29, 0.717) is 22.5 Å². The lowest BCUT2D eigenvalue weighted by atomic mass is 10.1. The van der Waals surface area contributed by atoms with Crippen LogP contribution in [0.4, 0.5) is 14.9 Å². The second-order valence-electron chi connectivity index (χ2n) is 6.89. The molecule has 1 aliphatic rings. The van der Waals surface area contributed by atoms with Crippen LogP contribution in [0.15, 0.2) is 42.7 Å². The monoisotopic (exact) mass is 427 g/mol. The normalized spacial score (nSPS) is 15.5. The smallest absolute Gasteiger partial charge is 0.414 e. The van der Waals surface area contributed by atoms with E-state index in [0.717, 1.165) is 0 Å². The molecule has 162 valence electrons. The van der Waals surface area contributed by atoms with Crippen LogP contribution in [-0.2, 0) is 9.53 Å². The number of nitrogens with zero attached hydrogens (tertiary/aromatic N) is 3. The van der Waals surface area contributed by atoms with Crippen molar-refractivity contribution in [1.82, 2.24) is 14.7 Å². The lowest BCUT2D eigenvalue weighted by molar-refractivity contribution is -0.119. The van der Waals surface area contributed by atoms with Crippen molar-refractivity contribution in [3.05, 3.63) is 54.2 Å². The van der Waals surface area contributed by atoms with E-state index < -0.39 is 23.9 Å². The van der Waals surface area contributed by atoms with E-state index in [2.05, 4.69) is 10.3 Å². The molecule has 1 aliphatic heterocycles. The fourth-order valence-corrected chi connectivity index (χ4v) is 3.27. The Hall–Kier alpha value is -3.95. The molecule has 3 aromatic rings. The topological polar surface area (TPSA) is 119 Å². The van der Waals surface area contributed by atoms with Crippen LogP contribution in [0.1, 0.15) is 24.8 Å². The Morgan fingerprint density at radius 1 is 1.32 bits per heavy atom. The van der Waals surface area contributed by atoms with Crippen LogP contribution >= 0.6 is 0 Å². The van der Waals surface area contributed by atoms with Crippen molar-refractivity contribution in [3.8, 4) is 11.1 Å². The quantitative estimate of drug-likeness (QED) is 0.648. The zero-order valence-electron chi connectivity index (χ0n) is 16.0. The third-order valence-electron chi connectivity index (χ3n) is 4.74. The number of imidazole rings is 1. The van der Waals surface area contributed by atoms with Gasteiger partial charge in [-0.1, -0.05) is 7.43 Å². The highest BCUT2D eigenvalue weighted by Gasteiger charge is 2.32. The number of hydrogen-bond donors (Lipinski definition) is 2. The Labute approximate surface area is 177 Å². The summed E-state index contributed by atoms with van der Waals surface area (Å²) < 4.78 is 21.7. The third kappa shape index (κ3) is 4.32. The number of nitrogens with one attached hydrogen (secondary N) is 1. The predicted octanol–water partition coefficient (Wildman–Crippen LogP) is 2.34. The van der Waals surface area contributed by atoms with Crippen molar-refractivity contribution in [1.29, 1.82) is 0 Å². The number of aromatic nitrogens is 2. The first-order valence-corrected chi connectivity index (χ1v) is 9.13. The number of anilines is 1. The number of primary amides is 1. The van der Waals surface area contributed by atoms with Crippen molar-refractivity contribution in [2.75, 3.05) is 18.0 Å². The molecule has 2 aromatic heterocycles.